The fourth-order valence-corrected chi connectivity index (χ4v) is 2.90. The van der Waals surface area contributed by atoms with E-state index in [0.29, 0.717) is 5.92 Å². The first-order valence-corrected chi connectivity index (χ1v) is 5.06. The van der Waals surface area contributed by atoms with Gasteiger partial charge in [0.15, 0.2) is 0 Å². The summed E-state index contributed by atoms with van der Waals surface area (Å²) in [5.41, 5.74) is 0. The summed E-state index contributed by atoms with van der Waals surface area (Å²) in [5, 5.41) is 9.70. The van der Waals surface area contributed by atoms with Crippen molar-refractivity contribution in [2.45, 2.75) is 51.0 Å². The standard InChI is InChI=1S/C10H18O/c11-10-7-3-5-8-4-1-2-6-9(8)10/h8-11H,1-7H2/t8-,9?,10-/m0/s1. The van der Waals surface area contributed by atoms with E-state index < -0.39 is 0 Å². The van der Waals surface area contributed by atoms with Gasteiger partial charge in [-0.15, -0.1) is 0 Å². The van der Waals surface area contributed by atoms with E-state index in [2.05, 4.69) is 0 Å². The highest BCUT2D eigenvalue weighted by molar-refractivity contribution is 4.84. The topological polar surface area (TPSA) is 20.2 Å². The van der Waals surface area contributed by atoms with Crippen LogP contribution in [0.1, 0.15) is 44.9 Å². The molecule has 2 fully saturated rings. The number of hydrogen-bond donors (Lipinski definition) is 1. The van der Waals surface area contributed by atoms with E-state index in [9.17, 15) is 5.11 Å². The van der Waals surface area contributed by atoms with Crippen LogP contribution in [0.25, 0.3) is 0 Å². The largest absolute Gasteiger partial charge is 0.393 e. The first-order chi connectivity index (χ1) is 5.38. The van der Waals surface area contributed by atoms with Gasteiger partial charge in [0.25, 0.3) is 0 Å². The molecule has 1 unspecified atom stereocenters. The highest BCUT2D eigenvalue weighted by Gasteiger charge is 2.33. The smallest absolute Gasteiger partial charge is 0.0571 e. The number of fused-ring (bicyclic) bond motifs is 1. The maximum Gasteiger partial charge on any atom is 0.0571 e. The van der Waals surface area contributed by atoms with Gasteiger partial charge >= 0.3 is 0 Å². The van der Waals surface area contributed by atoms with E-state index in [1.807, 2.05) is 0 Å². The summed E-state index contributed by atoms with van der Waals surface area (Å²) >= 11 is 0. The Morgan fingerprint density at radius 1 is 0.818 bits per heavy atom. The summed E-state index contributed by atoms with van der Waals surface area (Å²) in [6.07, 6.45) is 9.24. The van der Waals surface area contributed by atoms with Gasteiger partial charge in [-0.05, 0) is 31.1 Å². The van der Waals surface area contributed by atoms with Gasteiger partial charge in [-0.2, -0.15) is 0 Å². The van der Waals surface area contributed by atoms with Crippen LogP contribution in [0.15, 0.2) is 0 Å². The molecule has 3 atom stereocenters. The number of rotatable bonds is 0. The molecule has 2 aliphatic rings. The predicted octanol–water partition coefficient (Wildman–Crippen LogP) is 2.34. The minimum Gasteiger partial charge on any atom is -0.393 e. The van der Waals surface area contributed by atoms with Crippen LogP contribution in [-0.2, 0) is 0 Å². The van der Waals surface area contributed by atoms with Gasteiger partial charge in [0.1, 0.15) is 0 Å². The summed E-state index contributed by atoms with van der Waals surface area (Å²) in [6, 6.07) is 0. The summed E-state index contributed by atoms with van der Waals surface area (Å²) in [7, 11) is 0. The Balaban J connectivity index is 1.99. The first-order valence-electron chi connectivity index (χ1n) is 5.06. The molecule has 2 rings (SSSR count). The lowest BCUT2D eigenvalue weighted by Gasteiger charge is -2.38. The van der Waals surface area contributed by atoms with E-state index >= 15 is 0 Å². The first kappa shape index (κ1) is 7.60. The highest BCUT2D eigenvalue weighted by atomic mass is 16.3. The van der Waals surface area contributed by atoms with Crippen LogP contribution in [0.5, 0.6) is 0 Å². The zero-order valence-corrected chi connectivity index (χ0v) is 7.13. The number of aliphatic hydroxyl groups is 1. The summed E-state index contributed by atoms with van der Waals surface area (Å²) in [4.78, 5) is 0. The van der Waals surface area contributed by atoms with Gasteiger partial charge in [-0.1, -0.05) is 25.7 Å². The van der Waals surface area contributed by atoms with Crippen molar-refractivity contribution in [3.63, 3.8) is 0 Å². The van der Waals surface area contributed by atoms with Gasteiger partial charge in [-0.25, -0.2) is 0 Å². The molecule has 1 N–H and O–H groups in total. The van der Waals surface area contributed by atoms with Crippen LogP contribution in [-0.4, -0.2) is 11.2 Å². The van der Waals surface area contributed by atoms with Crippen molar-refractivity contribution in [1.29, 1.82) is 0 Å². The summed E-state index contributed by atoms with van der Waals surface area (Å²) in [6.45, 7) is 0. The normalized spacial score (nSPS) is 45.0. The quantitative estimate of drug-likeness (QED) is 0.568. The molecule has 64 valence electrons. The van der Waals surface area contributed by atoms with Crippen molar-refractivity contribution in [3.8, 4) is 0 Å². The van der Waals surface area contributed by atoms with Gasteiger partial charge < -0.3 is 5.11 Å². The fourth-order valence-electron chi connectivity index (χ4n) is 2.90. The van der Waals surface area contributed by atoms with E-state index in [4.69, 9.17) is 0 Å². The molecule has 11 heavy (non-hydrogen) atoms. The van der Waals surface area contributed by atoms with E-state index in [0.717, 1.165) is 12.3 Å². The molecule has 0 aromatic heterocycles. The van der Waals surface area contributed by atoms with Crippen LogP contribution in [0.2, 0.25) is 0 Å². The maximum atomic E-state index is 9.70. The molecule has 0 aromatic rings. The average Bonchev–Trinajstić information content (AvgIpc) is 2.06. The van der Waals surface area contributed by atoms with Gasteiger partial charge in [-0.3, -0.25) is 0 Å². The lowest BCUT2D eigenvalue weighted by atomic mass is 9.69. The second-order valence-electron chi connectivity index (χ2n) is 4.21. The molecule has 2 saturated carbocycles. The molecule has 0 amide bonds. The molecule has 0 radical (unpaired) electrons. The van der Waals surface area contributed by atoms with Gasteiger partial charge in [0, 0.05) is 0 Å². The SMILES string of the molecule is O[C@H]1CCC[C@@H]2CCCCC21. The van der Waals surface area contributed by atoms with Crippen molar-refractivity contribution in [2.75, 3.05) is 0 Å². The van der Waals surface area contributed by atoms with Gasteiger partial charge in [0.05, 0.1) is 6.10 Å². The monoisotopic (exact) mass is 154 g/mol. The Labute approximate surface area is 68.8 Å². The molecule has 0 spiro atoms. The Bertz CT molecular complexity index is 131. The number of aliphatic hydroxyl groups excluding tert-OH is 1. The second-order valence-corrected chi connectivity index (χ2v) is 4.21. The van der Waals surface area contributed by atoms with Crippen molar-refractivity contribution in [2.24, 2.45) is 11.8 Å². The van der Waals surface area contributed by atoms with Crippen molar-refractivity contribution in [3.05, 3.63) is 0 Å². The second kappa shape index (κ2) is 3.14. The Kier molecular flexibility index (Phi) is 2.17. The molecule has 2 aliphatic carbocycles. The van der Waals surface area contributed by atoms with Gasteiger partial charge in [0.2, 0.25) is 0 Å². The molecule has 0 saturated heterocycles. The fraction of sp³-hybridized carbons (Fsp3) is 1.00. The minimum atomic E-state index is 0.0500. The summed E-state index contributed by atoms with van der Waals surface area (Å²) in [5.74, 6) is 1.56. The zero-order valence-electron chi connectivity index (χ0n) is 7.13. The average molecular weight is 154 g/mol. The third kappa shape index (κ3) is 1.44. The van der Waals surface area contributed by atoms with E-state index in [1.54, 1.807) is 0 Å². The van der Waals surface area contributed by atoms with E-state index in [-0.39, 0.29) is 6.10 Å². The van der Waals surface area contributed by atoms with Crippen LogP contribution in [0.3, 0.4) is 0 Å². The van der Waals surface area contributed by atoms with Crippen LogP contribution in [0, 0.1) is 11.8 Å². The number of hydrogen-bond acceptors (Lipinski definition) is 1. The van der Waals surface area contributed by atoms with Crippen LogP contribution < -0.4 is 0 Å². The Hall–Kier alpha value is -0.0400. The third-order valence-electron chi connectivity index (χ3n) is 3.54. The molecule has 0 heterocycles. The van der Waals surface area contributed by atoms with Crippen molar-refractivity contribution < 1.29 is 5.11 Å². The molecule has 0 bridgehead atoms. The van der Waals surface area contributed by atoms with Crippen molar-refractivity contribution >= 4 is 0 Å². The maximum absolute atomic E-state index is 9.70. The molecular weight excluding hydrogens is 136 g/mol. The van der Waals surface area contributed by atoms with Crippen LogP contribution >= 0.6 is 0 Å². The Morgan fingerprint density at radius 2 is 1.55 bits per heavy atom. The zero-order chi connectivity index (χ0) is 7.68. The molecule has 0 aromatic carbocycles. The Morgan fingerprint density at radius 3 is 2.36 bits per heavy atom. The predicted molar refractivity (Wildman–Crippen MR) is 45.3 cm³/mol. The molecular formula is C10H18O. The molecule has 0 aliphatic heterocycles. The molecule has 1 nitrogen and oxygen atoms in total. The third-order valence-corrected chi connectivity index (χ3v) is 3.54. The highest BCUT2D eigenvalue weighted by Crippen LogP contribution is 2.40. The van der Waals surface area contributed by atoms with Crippen LogP contribution in [0.4, 0.5) is 0 Å². The lowest BCUT2D eigenvalue weighted by Crippen LogP contribution is -2.34. The lowest BCUT2D eigenvalue weighted by molar-refractivity contribution is 0.0105. The van der Waals surface area contributed by atoms with Crippen molar-refractivity contribution in [1.82, 2.24) is 0 Å². The summed E-state index contributed by atoms with van der Waals surface area (Å²) < 4.78 is 0. The minimum absolute atomic E-state index is 0.0500. The molecule has 1 heteroatoms. The van der Waals surface area contributed by atoms with E-state index in [1.165, 1.54) is 38.5 Å².